The molecular weight excluding hydrogens is 308 g/mol. The molecule has 20 heavy (non-hydrogen) atoms. The Morgan fingerprint density at radius 3 is 2.70 bits per heavy atom. The molecule has 1 atom stereocenters. The number of carboxylic acid groups (broad SMARTS) is 1. The first kappa shape index (κ1) is 16.3. The van der Waals surface area contributed by atoms with Crippen LogP contribution in [0.4, 0.5) is 5.69 Å². The van der Waals surface area contributed by atoms with Crippen LogP contribution < -0.4 is 5.32 Å². The van der Waals surface area contributed by atoms with Gasteiger partial charge in [-0.3, -0.25) is 14.9 Å². The molecule has 0 spiro atoms. The summed E-state index contributed by atoms with van der Waals surface area (Å²) < 4.78 is 0. The van der Waals surface area contributed by atoms with Crippen LogP contribution in [0.15, 0.2) is 23.1 Å². The molecular formula is C11H11ClN2O5S. The quantitative estimate of drug-likeness (QED) is 0.471. The monoisotopic (exact) mass is 318 g/mol. The van der Waals surface area contributed by atoms with E-state index in [0.717, 1.165) is 11.8 Å². The zero-order valence-corrected chi connectivity index (χ0v) is 11.9. The molecule has 1 aromatic carbocycles. The molecule has 2 N–H and O–H groups in total. The zero-order chi connectivity index (χ0) is 15.3. The number of amides is 1. The second kappa shape index (κ2) is 7.11. The van der Waals surface area contributed by atoms with Gasteiger partial charge >= 0.3 is 11.7 Å². The predicted octanol–water partition coefficient (Wildman–Crippen LogP) is 1.93. The van der Waals surface area contributed by atoms with E-state index < -0.39 is 22.8 Å². The predicted molar refractivity (Wildman–Crippen MR) is 74.1 cm³/mol. The highest BCUT2D eigenvalue weighted by atomic mass is 35.5. The van der Waals surface area contributed by atoms with Crippen LogP contribution in [0, 0.1) is 10.1 Å². The number of para-hydroxylation sites is 1. The lowest BCUT2D eigenvalue weighted by Gasteiger charge is -2.12. The summed E-state index contributed by atoms with van der Waals surface area (Å²) in [5.74, 6) is -1.74. The zero-order valence-electron chi connectivity index (χ0n) is 10.3. The molecule has 0 aromatic heterocycles. The first-order valence-corrected chi connectivity index (χ1v) is 6.75. The number of thioether (sulfide) groups is 1. The Morgan fingerprint density at radius 2 is 2.20 bits per heavy atom. The minimum absolute atomic E-state index is 0.0218. The van der Waals surface area contributed by atoms with Gasteiger partial charge in [0.1, 0.15) is 11.1 Å². The molecule has 1 rings (SSSR count). The summed E-state index contributed by atoms with van der Waals surface area (Å²) in [5, 5.41) is 22.1. The first-order chi connectivity index (χ1) is 9.32. The third-order valence-corrected chi connectivity index (χ3v) is 3.66. The van der Waals surface area contributed by atoms with Crippen molar-refractivity contribution >= 4 is 40.9 Å². The fraction of sp³-hybridized carbons (Fsp3) is 0.273. The lowest BCUT2D eigenvalue weighted by Crippen LogP contribution is -2.41. The van der Waals surface area contributed by atoms with Gasteiger partial charge in [-0.2, -0.15) is 0 Å². The largest absolute Gasteiger partial charge is 0.480 e. The van der Waals surface area contributed by atoms with Gasteiger partial charge in [0.25, 0.3) is 0 Å². The van der Waals surface area contributed by atoms with E-state index >= 15 is 0 Å². The van der Waals surface area contributed by atoms with E-state index in [1.165, 1.54) is 25.1 Å². The van der Waals surface area contributed by atoms with Crippen molar-refractivity contribution in [3.63, 3.8) is 0 Å². The van der Waals surface area contributed by atoms with Crippen LogP contribution in [-0.2, 0) is 9.59 Å². The summed E-state index contributed by atoms with van der Waals surface area (Å²) in [5.41, 5.74) is -0.272. The number of carboxylic acids is 1. The molecule has 0 unspecified atom stereocenters. The average Bonchev–Trinajstić information content (AvgIpc) is 2.33. The van der Waals surface area contributed by atoms with Gasteiger partial charge in [-0.15, -0.1) is 11.8 Å². The molecule has 0 aliphatic rings. The van der Waals surface area contributed by atoms with E-state index in [0.29, 0.717) is 0 Å². The lowest BCUT2D eigenvalue weighted by atomic mass is 10.3. The number of benzene rings is 1. The average molecular weight is 319 g/mol. The standard InChI is InChI=1S/C11H11ClN2O5S/c1-6(15)13-8(11(16)17)5-20-9-4-2-3-7(12)10(9)14(18)19/h2-4,8H,5H2,1H3,(H,13,15)(H,16,17)/t8-/m0/s1. The highest BCUT2D eigenvalue weighted by Crippen LogP contribution is 2.35. The summed E-state index contributed by atoms with van der Waals surface area (Å²) in [6.07, 6.45) is 0. The van der Waals surface area contributed by atoms with Crippen molar-refractivity contribution in [2.24, 2.45) is 0 Å². The molecule has 0 saturated carbocycles. The van der Waals surface area contributed by atoms with Crippen molar-refractivity contribution in [1.82, 2.24) is 5.32 Å². The van der Waals surface area contributed by atoms with E-state index in [2.05, 4.69) is 5.32 Å². The number of rotatable bonds is 6. The molecule has 1 aromatic rings. The number of nitro groups is 1. The van der Waals surface area contributed by atoms with E-state index in [4.69, 9.17) is 16.7 Å². The molecule has 9 heteroatoms. The third kappa shape index (κ3) is 4.39. The fourth-order valence-electron chi connectivity index (χ4n) is 1.38. The van der Waals surface area contributed by atoms with Crippen molar-refractivity contribution < 1.29 is 19.6 Å². The maximum atomic E-state index is 11.0. The van der Waals surface area contributed by atoms with Crippen molar-refractivity contribution in [3.05, 3.63) is 33.3 Å². The third-order valence-electron chi connectivity index (χ3n) is 2.21. The van der Waals surface area contributed by atoms with Crippen LogP contribution in [0.3, 0.4) is 0 Å². The lowest BCUT2D eigenvalue weighted by molar-refractivity contribution is -0.387. The molecule has 0 aliphatic heterocycles. The van der Waals surface area contributed by atoms with Gasteiger partial charge < -0.3 is 10.4 Å². The van der Waals surface area contributed by atoms with Crippen LogP contribution in [-0.4, -0.2) is 33.7 Å². The molecule has 0 fully saturated rings. The van der Waals surface area contributed by atoms with Gasteiger partial charge in [0.05, 0.1) is 9.82 Å². The Hall–Kier alpha value is -1.80. The topological polar surface area (TPSA) is 110 Å². The van der Waals surface area contributed by atoms with Crippen LogP contribution in [0.1, 0.15) is 6.92 Å². The highest BCUT2D eigenvalue weighted by molar-refractivity contribution is 7.99. The van der Waals surface area contributed by atoms with Crippen molar-refractivity contribution in [2.45, 2.75) is 17.9 Å². The number of carbonyl (C=O) groups is 2. The Balaban J connectivity index is 2.88. The minimum atomic E-state index is -1.21. The van der Waals surface area contributed by atoms with Gasteiger partial charge in [-0.05, 0) is 12.1 Å². The van der Waals surface area contributed by atoms with Gasteiger partial charge in [0.2, 0.25) is 5.91 Å². The number of aliphatic carboxylic acids is 1. The van der Waals surface area contributed by atoms with Crippen LogP contribution in [0.2, 0.25) is 5.02 Å². The van der Waals surface area contributed by atoms with Crippen molar-refractivity contribution in [3.8, 4) is 0 Å². The number of nitro benzene ring substituents is 1. The van der Waals surface area contributed by atoms with Crippen molar-refractivity contribution in [2.75, 3.05) is 5.75 Å². The van der Waals surface area contributed by atoms with Crippen LogP contribution in [0.5, 0.6) is 0 Å². The first-order valence-electron chi connectivity index (χ1n) is 5.38. The number of hydrogen-bond donors (Lipinski definition) is 2. The van der Waals surface area contributed by atoms with E-state index in [-0.39, 0.29) is 21.4 Å². The summed E-state index contributed by atoms with van der Waals surface area (Å²) in [6, 6.07) is 3.26. The normalized spacial score (nSPS) is 11.7. The fourth-order valence-corrected chi connectivity index (χ4v) is 2.75. The van der Waals surface area contributed by atoms with Crippen LogP contribution in [0.25, 0.3) is 0 Å². The molecule has 0 radical (unpaired) electrons. The van der Waals surface area contributed by atoms with Gasteiger partial charge in [-0.25, -0.2) is 4.79 Å². The maximum Gasteiger partial charge on any atom is 0.327 e. The minimum Gasteiger partial charge on any atom is -0.480 e. The number of nitrogens with one attached hydrogen (secondary N) is 1. The molecule has 0 heterocycles. The second-order valence-corrected chi connectivity index (χ2v) is 5.22. The molecule has 108 valence electrons. The van der Waals surface area contributed by atoms with Gasteiger partial charge in [0.15, 0.2) is 0 Å². The summed E-state index contributed by atoms with van der Waals surface area (Å²) >= 11 is 6.69. The number of carbonyl (C=O) groups excluding carboxylic acids is 1. The molecule has 0 bridgehead atoms. The number of hydrogen-bond acceptors (Lipinski definition) is 5. The Kier molecular flexibility index (Phi) is 5.78. The van der Waals surface area contributed by atoms with E-state index in [9.17, 15) is 19.7 Å². The summed E-state index contributed by atoms with van der Waals surface area (Å²) in [7, 11) is 0. The van der Waals surface area contributed by atoms with Crippen LogP contribution >= 0.6 is 23.4 Å². The Morgan fingerprint density at radius 1 is 1.55 bits per heavy atom. The molecule has 0 aliphatic carbocycles. The van der Waals surface area contributed by atoms with Gasteiger partial charge in [0, 0.05) is 12.7 Å². The van der Waals surface area contributed by atoms with Gasteiger partial charge in [-0.1, -0.05) is 17.7 Å². The molecule has 1 amide bonds. The smallest absolute Gasteiger partial charge is 0.327 e. The maximum absolute atomic E-state index is 11.0. The SMILES string of the molecule is CC(=O)N[C@@H](CSc1cccc(Cl)c1[N+](=O)[O-])C(=O)O. The molecule has 0 saturated heterocycles. The van der Waals surface area contributed by atoms with E-state index in [1.807, 2.05) is 0 Å². The summed E-state index contributed by atoms with van der Waals surface area (Å²) in [4.78, 5) is 32.4. The second-order valence-electron chi connectivity index (χ2n) is 3.75. The Bertz CT molecular complexity index is 552. The molecule has 7 nitrogen and oxygen atoms in total. The van der Waals surface area contributed by atoms with E-state index in [1.54, 1.807) is 0 Å². The number of halogens is 1. The Labute approximate surface area is 123 Å². The highest BCUT2D eigenvalue weighted by Gasteiger charge is 2.23. The summed E-state index contributed by atoms with van der Waals surface area (Å²) in [6.45, 7) is 1.20. The van der Waals surface area contributed by atoms with Crippen molar-refractivity contribution in [1.29, 1.82) is 0 Å². The number of nitrogens with zero attached hydrogens (tertiary/aromatic N) is 1.